The number of methoxy groups -OCH3 is 1. The lowest BCUT2D eigenvalue weighted by Crippen LogP contribution is -2.44. The van der Waals surface area contributed by atoms with Crippen molar-refractivity contribution >= 4 is 0 Å². The van der Waals surface area contributed by atoms with Gasteiger partial charge in [0.15, 0.2) is 0 Å². The molecule has 2 rings (SSSR count). The van der Waals surface area contributed by atoms with E-state index in [1.165, 1.54) is 51.4 Å². The van der Waals surface area contributed by atoms with E-state index in [0.29, 0.717) is 0 Å². The molecule has 0 amide bonds. The van der Waals surface area contributed by atoms with Crippen molar-refractivity contribution in [1.29, 1.82) is 0 Å². The second-order valence-corrected chi connectivity index (χ2v) is 6.83. The summed E-state index contributed by atoms with van der Waals surface area (Å²) in [6.07, 6.45) is 11.6. The first-order valence-corrected chi connectivity index (χ1v) is 7.34. The van der Waals surface area contributed by atoms with Crippen LogP contribution in [0, 0.1) is 5.41 Å². The van der Waals surface area contributed by atoms with Crippen LogP contribution in [0.1, 0.15) is 65.2 Å². The van der Waals surface area contributed by atoms with Gasteiger partial charge < -0.3 is 10.1 Å². The SMILES string of the molecule is COC(C)(C)CNC1CCC2(CCCC2)CC1. The summed E-state index contributed by atoms with van der Waals surface area (Å²) in [6.45, 7) is 5.28. The van der Waals surface area contributed by atoms with Crippen LogP contribution in [0.15, 0.2) is 0 Å². The van der Waals surface area contributed by atoms with E-state index >= 15 is 0 Å². The highest BCUT2D eigenvalue weighted by molar-refractivity contribution is 4.91. The maximum Gasteiger partial charge on any atom is 0.0746 e. The van der Waals surface area contributed by atoms with E-state index in [2.05, 4.69) is 19.2 Å². The lowest BCUT2D eigenvalue weighted by molar-refractivity contribution is 0.0183. The van der Waals surface area contributed by atoms with Crippen LogP contribution in [0.3, 0.4) is 0 Å². The van der Waals surface area contributed by atoms with Crippen LogP contribution >= 0.6 is 0 Å². The van der Waals surface area contributed by atoms with Crippen LogP contribution in [0.25, 0.3) is 0 Å². The highest BCUT2D eigenvalue weighted by atomic mass is 16.5. The minimum atomic E-state index is -0.0253. The Kier molecular flexibility index (Phi) is 4.14. The summed E-state index contributed by atoms with van der Waals surface area (Å²) in [6, 6.07) is 0.732. The molecular weight excluding hydrogens is 210 g/mol. The summed E-state index contributed by atoms with van der Waals surface area (Å²) in [5.74, 6) is 0. The monoisotopic (exact) mass is 239 g/mol. The van der Waals surface area contributed by atoms with Crippen molar-refractivity contribution in [3.63, 3.8) is 0 Å². The smallest absolute Gasteiger partial charge is 0.0746 e. The van der Waals surface area contributed by atoms with E-state index in [9.17, 15) is 0 Å². The molecule has 0 bridgehead atoms. The molecule has 0 unspecified atom stereocenters. The third-order valence-electron chi connectivity index (χ3n) is 5.08. The summed E-state index contributed by atoms with van der Waals surface area (Å²) < 4.78 is 5.46. The van der Waals surface area contributed by atoms with Crippen molar-refractivity contribution in [2.45, 2.75) is 76.9 Å². The lowest BCUT2D eigenvalue weighted by Gasteiger charge is -2.38. The zero-order valence-corrected chi connectivity index (χ0v) is 11.8. The first kappa shape index (κ1) is 13.4. The van der Waals surface area contributed by atoms with Crippen molar-refractivity contribution in [3.8, 4) is 0 Å². The van der Waals surface area contributed by atoms with Crippen LogP contribution in [-0.4, -0.2) is 25.3 Å². The molecule has 2 nitrogen and oxygen atoms in total. The Morgan fingerprint density at radius 1 is 1.12 bits per heavy atom. The Balaban J connectivity index is 1.72. The van der Waals surface area contributed by atoms with Crippen molar-refractivity contribution in [3.05, 3.63) is 0 Å². The first-order valence-electron chi connectivity index (χ1n) is 7.34. The summed E-state index contributed by atoms with van der Waals surface area (Å²) in [4.78, 5) is 0. The summed E-state index contributed by atoms with van der Waals surface area (Å²) in [5, 5.41) is 3.69. The highest BCUT2D eigenvalue weighted by Gasteiger charge is 2.37. The van der Waals surface area contributed by atoms with E-state index in [4.69, 9.17) is 4.74 Å². The molecule has 2 fully saturated rings. The quantitative estimate of drug-likeness (QED) is 0.810. The molecule has 100 valence electrons. The van der Waals surface area contributed by atoms with Gasteiger partial charge in [0.05, 0.1) is 5.60 Å². The molecule has 0 atom stereocenters. The Bertz CT molecular complexity index is 233. The topological polar surface area (TPSA) is 21.3 Å². The maximum atomic E-state index is 5.46. The predicted molar refractivity (Wildman–Crippen MR) is 72.2 cm³/mol. The number of hydrogen-bond acceptors (Lipinski definition) is 2. The third kappa shape index (κ3) is 3.45. The van der Waals surface area contributed by atoms with Crippen LogP contribution < -0.4 is 5.32 Å². The minimum Gasteiger partial charge on any atom is -0.377 e. The average Bonchev–Trinajstić information content (AvgIpc) is 2.77. The lowest BCUT2D eigenvalue weighted by atomic mass is 9.71. The van der Waals surface area contributed by atoms with Crippen LogP contribution in [-0.2, 0) is 4.74 Å². The third-order valence-corrected chi connectivity index (χ3v) is 5.08. The first-order chi connectivity index (χ1) is 8.05. The fraction of sp³-hybridized carbons (Fsp3) is 1.00. The zero-order valence-electron chi connectivity index (χ0n) is 11.8. The van der Waals surface area contributed by atoms with Gasteiger partial charge in [-0.2, -0.15) is 0 Å². The maximum absolute atomic E-state index is 5.46. The molecule has 2 heteroatoms. The van der Waals surface area contributed by atoms with Crippen molar-refractivity contribution in [1.82, 2.24) is 5.32 Å². The summed E-state index contributed by atoms with van der Waals surface area (Å²) in [7, 11) is 1.80. The van der Waals surface area contributed by atoms with E-state index in [-0.39, 0.29) is 5.60 Å². The van der Waals surface area contributed by atoms with Crippen LogP contribution in [0.5, 0.6) is 0 Å². The van der Waals surface area contributed by atoms with Gasteiger partial charge in [0, 0.05) is 19.7 Å². The molecule has 2 aliphatic rings. The summed E-state index contributed by atoms with van der Waals surface area (Å²) in [5.41, 5.74) is 0.734. The molecule has 0 radical (unpaired) electrons. The predicted octanol–water partition coefficient (Wildman–Crippen LogP) is 3.50. The molecule has 0 aromatic carbocycles. The Morgan fingerprint density at radius 3 is 2.24 bits per heavy atom. The van der Waals surface area contributed by atoms with Gasteiger partial charge >= 0.3 is 0 Å². The Morgan fingerprint density at radius 2 is 1.71 bits per heavy atom. The number of rotatable bonds is 4. The van der Waals surface area contributed by atoms with Crippen molar-refractivity contribution < 1.29 is 4.74 Å². The van der Waals surface area contributed by atoms with Crippen molar-refractivity contribution in [2.24, 2.45) is 5.41 Å². The van der Waals surface area contributed by atoms with E-state index in [0.717, 1.165) is 18.0 Å². The van der Waals surface area contributed by atoms with E-state index in [1.807, 2.05) is 0 Å². The standard InChI is InChI=1S/C15H29NO/c1-14(2,17-3)12-16-13-6-10-15(11-7-13)8-4-5-9-15/h13,16H,4-12H2,1-3H3. The van der Waals surface area contributed by atoms with Crippen molar-refractivity contribution in [2.75, 3.05) is 13.7 Å². The van der Waals surface area contributed by atoms with Crippen LogP contribution in [0.2, 0.25) is 0 Å². The van der Waals surface area contributed by atoms with E-state index in [1.54, 1.807) is 7.11 Å². The van der Waals surface area contributed by atoms with Gasteiger partial charge in [-0.05, 0) is 57.8 Å². The summed E-state index contributed by atoms with van der Waals surface area (Å²) >= 11 is 0. The number of hydrogen-bond donors (Lipinski definition) is 1. The second kappa shape index (κ2) is 5.27. The van der Waals surface area contributed by atoms with E-state index < -0.39 is 0 Å². The molecule has 2 aliphatic carbocycles. The number of ether oxygens (including phenoxy) is 1. The molecule has 17 heavy (non-hydrogen) atoms. The molecule has 0 heterocycles. The van der Waals surface area contributed by atoms with Gasteiger partial charge in [0.1, 0.15) is 0 Å². The van der Waals surface area contributed by atoms with Gasteiger partial charge in [0.2, 0.25) is 0 Å². The van der Waals surface area contributed by atoms with Gasteiger partial charge in [0.25, 0.3) is 0 Å². The molecule has 0 aromatic rings. The van der Waals surface area contributed by atoms with Gasteiger partial charge in [-0.1, -0.05) is 12.8 Å². The van der Waals surface area contributed by atoms with Crippen LogP contribution in [0.4, 0.5) is 0 Å². The fourth-order valence-electron chi connectivity index (χ4n) is 3.52. The minimum absolute atomic E-state index is 0.0253. The second-order valence-electron chi connectivity index (χ2n) is 6.83. The normalized spacial score (nSPS) is 25.6. The molecule has 0 aliphatic heterocycles. The highest BCUT2D eigenvalue weighted by Crippen LogP contribution is 2.48. The molecule has 0 aromatic heterocycles. The number of nitrogens with one attached hydrogen (secondary N) is 1. The Hall–Kier alpha value is -0.0800. The molecular formula is C15H29NO. The molecule has 1 spiro atoms. The molecule has 2 saturated carbocycles. The van der Waals surface area contributed by atoms with Gasteiger partial charge in [-0.25, -0.2) is 0 Å². The fourth-order valence-corrected chi connectivity index (χ4v) is 3.52. The molecule has 0 saturated heterocycles. The molecule has 1 N–H and O–H groups in total. The van der Waals surface area contributed by atoms with Gasteiger partial charge in [-0.3, -0.25) is 0 Å². The average molecular weight is 239 g/mol. The zero-order chi connectivity index (χ0) is 12.4. The Labute approximate surface area is 107 Å². The largest absolute Gasteiger partial charge is 0.377 e. The van der Waals surface area contributed by atoms with Gasteiger partial charge in [-0.15, -0.1) is 0 Å².